The molecule has 0 spiro atoms. The first-order valence-corrected chi connectivity index (χ1v) is 8.16. The topological polar surface area (TPSA) is 109 Å². The van der Waals surface area contributed by atoms with Crippen molar-refractivity contribution in [3.05, 3.63) is 57.1 Å². The summed E-state index contributed by atoms with van der Waals surface area (Å²) in [6.07, 6.45) is 1.28. The fraction of sp³-hybridized carbons (Fsp3) is 0.118. The van der Waals surface area contributed by atoms with Gasteiger partial charge < -0.3 is 9.47 Å². The second-order valence-corrected chi connectivity index (χ2v) is 5.82. The zero-order chi connectivity index (χ0) is 20.0. The van der Waals surface area contributed by atoms with Gasteiger partial charge in [-0.3, -0.25) is 14.8 Å². The molecule has 10 heteroatoms. The summed E-state index contributed by atoms with van der Waals surface area (Å²) in [6, 6.07) is 7.09. The number of hydrazone groups is 1. The molecule has 0 saturated carbocycles. The summed E-state index contributed by atoms with van der Waals surface area (Å²) in [7, 11) is 2.88. The van der Waals surface area contributed by atoms with Gasteiger partial charge in [0.05, 0.1) is 30.5 Å². The number of nitrogens with zero attached hydrogens (tertiary/aromatic N) is 1. The molecule has 27 heavy (non-hydrogen) atoms. The quantitative estimate of drug-likeness (QED) is 0.384. The van der Waals surface area contributed by atoms with Crippen LogP contribution in [0.15, 0.2) is 35.4 Å². The highest BCUT2D eigenvalue weighted by Gasteiger charge is 2.16. The minimum atomic E-state index is -0.683. The number of hydrogen-bond acceptors (Lipinski definition) is 6. The monoisotopic (exact) mass is 411 g/mol. The van der Waals surface area contributed by atoms with Gasteiger partial charge in [0.2, 0.25) is 0 Å². The number of methoxy groups -OCH3 is 2. The lowest BCUT2D eigenvalue weighted by atomic mass is 10.1. The second kappa shape index (κ2) is 9.22. The van der Waals surface area contributed by atoms with Crippen LogP contribution in [0.25, 0.3) is 0 Å². The fourth-order valence-corrected chi connectivity index (χ4v) is 2.72. The van der Waals surface area contributed by atoms with E-state index in [2.05, 4.69) is 10.5 Å². The molecule has 3 N–H and O–H groups in total. The molecule has 2 rings (SSSR count). The second-order valence-electron chi connectivity index (χ2n) is 5.04. The number of hydrogen-bond donors (Lipinski definition) is 3. The Bertz CT molecular complexity index is 885. The normalized spacial score (nSPS) is 10.6. The lowest BCUT2D eigenvalue weighted by Gasteiger charge is -2.12. The molecule has 0 aliphatic carbocycles. The largest absolute Gasteiger partial charge is 0.493 e. The first-order chi connectivity index (χ1) is 12.9. The van der Waals surface area contributed by atoms with Gasteiger partial charge in [-0.25, -0.2) is 10.9 Å². The van der Waals surface area contributed by atoms with Gasteiger partial charge in [-0.15, -0.1) is 0 Å². The number of amides is 2. The van der Waals surface area contributed by atoms with Crippen LogP contribution < -0.4 is 20.4 Å². The molecule has 0 aliphatic heterocycles. The van der Waals surface area contributed by atoms with Crippen molar-refractivity contribution in [2.75, 3.05) is 14.2 Å². The fourth-order valence-electron chi connectivity index (χ4n) is 2.11. The average molecular weight is 412 g/mol. The van der Waals surface area contributed by atoms with Gasteiger partial charge in [-0.05, 0) is 24.3 Å². The molecule has 0 bridgehead atoms. The maximum absolute atomic E-state index is 12.1. The van der Waals surface area contributed by atoms with Crippen molar-refractivity contribution in [2.45, 2.75) is 0 Å². The molecular weight excluding hydrogens is 397 g/mol. The number of nitrogens with one attached hydrogen (secondary N) is 2. The Balaban J connectivity index is 2.15. The van der Waals surface area contributed by atoms with Crippen LogP contribution in [0.4, 0.5) is 0 Å². The van der Waals surface area contributed by atoms with Gasteiger partial charge in [-0.2, -0.15) is 5.10 Å². The van der Waals surface area contributed by atoms with Crippen molar-refractivity contribution in [1.82, 2.24) is 10.9 Å². The molecule has 0 saturated heterocycles. The lowest BCUT2D eigenvalue weighted by Crippen LogP contribution is -2.20. The highest BCUT2D eigenvalue weighted by molar-refractivity contribution is 6.40. The number of carbonyl (C=O) groups is 2. The summed E-state index contributed by atoms with van der Waals surface area (Å²) in [5, 5.41) is 12.8. The number of hydroxylamine groups is 1. The van der Waals surface area contributed by atoms with E-state index in [1.807, 2.05) is 0 Å². The van der Waals surface area contributed by atoms with Crippen LogP contribution in [0.2, 0.25) is 10.0 Å². The first-order valence-electron chi connectivity index (χ1n) is 7.40. The highest BCUT2D eigenvalue weighted by Crippen LogP contribution is 2.40. The van der Waals surface area contributed by atoms with Crippen LogP contribution in [0.5, 0.6) is 11.5 Å². The SMILES string of the molecule is COc1cc(Cl)c(/C=N/NC(=O)c2ccc(C(=O)NO)cc2)c(Cl)c1OC. The van der Waals surface area contributed by atoms with Crippen molar-refractivity contribution >= 4 is 41.2 Å². The predicted octanol–water partition coefficient (Wildman–Crippen LogP) is 2.89. The van der Waals surface area contributed by atoms with E-state index in [4.69, 9.17) is 37.9 Å². The molecule has 0 fully saturated rings. The van der Waals surface area contributed by atoms with Crippen LogP contribution in [0.1, 0.15) is 26.3 Å². The van der Waals surface area contributed by atoms with E-state index < -0.39 is 11.8 Å². The summed E-state index contributed by atoms with van der Waals surface area (Å²) < 4.78 is 10.3. The number of halogens is 2. The Hall–Kier alpha value is -2.81. The maximum Gasteiger partial charge on any atom is 0.274 e. The summed E-state index contributed by atoms with van der Waals surface area (Å²) in [6.45, 7) is 0. The van der Waals surface area contributed by atoms with E-state index in [0.29, 0.717) is 11.3 Å². The standard InChI is InChI=1S/C17H15Cl2N3O5/c1-26-13-7-12(18)11(14(19)15(13)27-2)8-20-21-16(23)9-3-5-10(6-4-9)17(24)22-25/h3-8,25H,1-2H3,(H,21,23)(H,22,24)/b20-8+. The molecule has 0 aromatic heterocycles. The summed E-state index contributed by atoms with van der Waals surface area (Å²) in [5.74, 6) is -0.553. The molecule has 142 valence electrons. The maximum atomic E-state index is 12.1. The molecule has 8 nitrogen and oxygen atoms in total. The Morgan fingerprint density at radius 3 is 2.19 bits per heavy atom. The Labute approximate surface area is 164 Å². The molecule has 2 amide bonds. The molecule has 0 atom stereocenters. The summed E-state index contributed by atoms with van der Waals surface area (Å²) in [4.78, 5) is 23.3. The average Bonchev–Trinajstić information content (AvgIpc) is 2.69. The van der Waals surface area contributed by atoms with Crippen molar-refractivity contribution in [3.63, 3.8) is 0 Å². The Morgan fingerprint density at radius 1 is 1.07 bits per heavy atom. The number of rotatable bonds is 6. The third-order valence-electron chi connectivity index (χ3n) is 3.47. The van der Waals surface area contributed by atoms with E-state index in [9.17, 15) is 9.59 Å². The zero-order valence-electron chi connectivity index (χ0n) is 14.2. The van der Waals surface area contributed by atoms with Crippen LogP contribution in [0, 0.1) is 0 Å². The van der Waals surface area contributed by atoms with Crippen LogP contribution >= 0.6 is 23.2 Å². The van der Waals surface area contributed by atoms with Crippen LogP contribution in [-0.4, -0.2) is 37.5 Å². The summed E-state index contributed by atoms with van der Waals surface area (Å²) >= 11 is 12.4. The van der Waals surface area contributed by atoms with E-state index in [0.717, 1.165) is 0 Å². The molecule has 2 aromatic carbocycles. The third-order valence-corrected chi connectivity index (χ3v) is 4.16. The van der Waals surface area contributed by atoms with Crippen molar-refractivity contribution in [3.8, 4) is 11.5 Å². The van der Waals surface area contributed by atoms with E-state index in [1.165, 1.54) is 56.2 Å². The smallest absolute Gasteiger partial charge is 0.274 e. The zero-order valence-corrected chi connectivity index (χ0v) is 15.8. The van der Waals surface area contributed by atoms with Crippen molar-refractivity contribution < 1.29 is 24.3 Å². The van der Waals surface area contributed by atoms with E-state index >= 15 is 0 Å². The number of carbonyl (C=O) groups excluding carboxylic acids is 2. The van der Waals surface area contributed by atoms with E-state index in [-0.39, 0.29) is 26.9 Å². The van der Waals surface area contributed by atoms with Gasteiger partial charge in [0.15, 0.2) is 11.5 Å². The van der Waals surface area contributed by atoms with Gasteiger partial charge in [0, 0.05) is 22.8 Å². The van der Waals surface area contributed by atoms with E-state index in [1.54, 1.807) is 0 Å². The molecule has 2 aromatic rings. The molecule has 0 radical (unpaired) electrons. The van der Waals surface area contributed by atoms with Gasteiger partial charge in [0.25, 0.3) is 11.8 Å². The Morgan fingerprint density at radius 2 is 1.67 bits per heavy atom. The molecule has 0 heterocycles. The lowest BCUT2D eigenvalue weighted by molar-refractivity contribution is 0.0706. The summed E-state index contributed by atoms with van der Waals surface area (Å²) in [5.41, 5.74) is 4.62. The van der Waals surface area contributed by atoms with Gasteiger partial charge in [0.1, 0.15) is 0 Å². The molecular formula is C17H15Cl2N3O5. The van der Waals surface area contributed by atoms with Crippen molar-refractivity contribution in [1.29, 1.82) is 0 Å². The predicted molar refractivity (Wildman–Crippen MR) is 100 cm³/mol. The Kier molecular flexibility index (Phi) is 7.00. The number of ether oxygens (including phenoxy) is 2. The molecule has 0 unspecified atom stereocenters. The highest BCUT2D eigenvalue weighted by atomic mass is 35.5. The molecule has 0 aliphatic rings. The van der Waals surface area contributed by atoms with Gasteiger partial charge in [-0.1, -0.05) is 23.2 Å². The van der Waals surface area contributed by atoms with Gasteiger partial charge >= 0.3 is 0 Å². The number of benzene rings is 2. The first kappa shape index (κ1) is 20.5. The minimum absolute atomic E-state index is 0.180. The minimum Gasteiger partial charge on any atom is -0.493 e. The van der Waals surface area contributed by atoms with Crippen molar-refractivity contribution in [2.24, 2.45) is 5.10 Å². The van der Waals surface area contributed by atoms with Crippen LogP contribution in [0.3, 0.4) is 0 Å². The third kappa shape index (κ3) is 4.68. The van der Waals surface area contributed by atoms with Crippen LogP contribution in [-0.2, 0) is 0 Å².